The maximum atomic E-state index is 12.3. The molecule has 0 saturated carbocycles. The Bertz CT molecular complexity index is 1180. The molecule has 33 heavy (non-hydrogen) atoms. The van der Waals surface area contributed by atoms with Gasteiger partial charge in [-0.15, -0.1) is 0 Å². The van der Waals surface area contributed by atoms with Gasteiger partial charge in [0.15, 0.2) is 6.61 Å². The van der Waals surface area contributed by atoms with E-state index in [1.54, 1.807) is 49.6 Å². The Hall–Kier alpha value is -3.72. The Morgan fingerprint density at radius 1 is 0.909 bits per heavy atom. The van der Waals surface area contributed by atoms with Crippen molar-refractivity contribution in [1.29, 1.82) is 0 Å². The molecule has 3 aromatic carbocycles. The van der Waals surface area contributed by atoms with Gasteiger partial charge < -0.3 is 19.5 Å². The molecule has 0 heterocycles. The van der Waals surface area contributed by atoms with Crippen molar-refractivity contribution < 1.29 is 27.4 Å². The molecule has 0 atom stereocenters. The lowest BCUT2D eigenvalue weighted by atomic mass is 10.2. The highest BCUT2D eigenvalue weighted by atomic mass is 32.2. The van der Waals surface area contributed by atoms with E-state index < -0.39 is 10.0 Å². The summed E-state index contributed by atoms with van der Waals surface area (Å²) in [6, 6.07) is 20.9. The molecule has 3 rings (SSSR count). The van der Waals surface area contributed by atoms with Gasteiger partial charge in [-0.1, -0.05) is 30.3 Å². The second kappa shape index (κ2) is 10.7. The van der Waals surface area contributed by atoms with Crippen LogP contribution in [0.25, 0.3) is 0 Å². The van der Waals surface area contributed by atoms with E-state index in [4.69, 9.17) is 14.2 Å². The first-order valence-corrected chi connectivity index (χ1v) is 11.9. The zero-order valence-electron chi connectivity index (χ0n) is 18.6. The summed E-state index contributed by atoms with van der Waals surface area (Å²) in [4.78, 5) is 12.3. The van der Waals surface area contributed by atoms with Crippen LogP contribution in [-0.4, -0.2) is 41.4 Å². The number of sulfonamides is 1. The summed E-state index contributed by atoms with van der Waals surface area (Å²) < 4.78 is 41.9. The van der Waals surface area contributed by atoms with Crippen LogP contribution in [0.3, 0.4) is 0 Å². The number of anilines is 2. The van der Waals surface area contributed by atoms with Crippen molar-refractivity contribution in [2.24, 2.45) is 0 Å². The van der Waals surface area contributed by atoms with Gasteiger partial charge in [-0.25, -0.2) is 8.42 Å². The van der Waals surface area contributed by atoms with Crippen molar-refractivity contribution in [3.63, 3.8) is 0 Å². The van der Waals surface area contributed by atoms with Gasteiger partial charge in [-0.2, -0.15) is 0 Å². The first kappa shape index (κ1) is 23.9. The molecule has 0 aliphatic rings. The predicted octanol–water partition coefficient (Wildman–Crippen LogP) is 3.69. The largest absolute Gasteiger partial charge is 0.497 e. The van der Waals surface area contributed by atoms with Crippen LogP contribution in [0.2, 0.25) is 0 Å². The third-order valence-electron chi connectivity index (χ3n) is 4.75. The van der Waals surface area contributed by atoms with E-state index in [9.17, 15) is 13.2 Å². The van der Waals surface area contributed by atoms with Gasteiger partial charge in [0.2, 0.25) is 10.0 Å². The van der Waals surface area contributed by atoms with E-state index in [1.807, 2.05) is 30.3 Å². The monoisotopic (exact) mass is 470 g/mol. The van der Waals surface area contributed by atoms with Crippen LogP contribution in [0.5, 0.6) is 17.2 Å². The maximum absolute atomic E-state index is 12.3. The zero-order valence-corrected chi connectivity index (χ0v) is 19.5. The summed E-state index contributed by atoms with van der Waals surface area (Å²) in [5, 5.41) is 2.73. The summed E-state index contributed by atoms with van der Waals surface area (Å²) in [5.41, 5.74) is 1.86. The van der Waals surface area contributed by atoms with Crippen molar-refractivity contribution in [3.8, 4) is 17.2 Å². The minimum atomic E-state index is -3.49. The molecule has 0 fully saturated rings. The van der Waals surface area contributed by atoms with Crippen LogP contribution in [0.4, 0.5) is 11.4 Å². The Balaban J connectivity index is 1.63. The fourth-order valence-corrected chi connectivity index (χ4v) is 3.98. The lowest BCUT2D eigenvalue weighted by Gasteiger charge is -2.22. The van der Waals surface area contributed by atoms with E-state index >= 15 is 0 Å². The summed E-state index contributed by atoms with van der Waals surface area (Å²) in [6.07, 6.45) is 1.16. The highest BCUT2D eigenvalue weighted by Gasteiger charge is 2.18. The smallest absolute Gasteiger partial charge is 0.262 e. The van der Waals surface area contributed by atoms with E-state index in [2.05, 4.69) is 5.32 Å². The van der Waals surface area contributed by atoms with Gasteiger partial charge in [-0.3, -0.25) is 9.10 Å². The van der Waals surface area contributed by atoms with Crippen LogP contribution in [-0.2, 0) is 21.4 Å². The van der Waals surface area contributed by atoms with Crippen LogP contribution in [0.1, 0.15) is 5.56 Å². The normalized spacial score (nSPS) is 10.9. The molecule has 8 nitrogen and oxygen atoms in total. The minimum Gasteiger partial charge on any atom is -0.497 e. The zero-order chi connectivity index (χ0) is 23.8. The second-order valence-electron chi connectivity index (χ2n) is 7.15. The Kier molecular flexibility index (Phi) is 7.78. The number of hydrogen-bond acceptors (Lipinski definition) is 6. The fraction of sp³-hybridized carbons (Fsp3) is 0.208. The number of nitrogens with zero attached hydrogens (tertiary/aromatic N) is 1. The Morgan fingerprint density at radius 2 is 1.58 bits per heavy atom. The maximum Gasteiger partial charge on any atom is 0.262 e. The van der Waals surface area contributed by atoms with Gasteiger partial charge >= 0.3 is 0 Å². The molecule has 0 bridgehead atoms. The predicted molar refractivity (Wildman–Crippen MR) is 128 cm³/mol. The second-order valence-corrected chi connectivity index (χ2v) is 9.06. The van der Waals surface area contributed by atoms with E-state index in [-0.39, 0.29) is 19.1 Å². The lowest BCUT2D eigenvalue weighted by molar-refractivity contribution is -0.118. The van der Waals surface area contributed by atoms with Crippen molar-refractivity contribution in [3.05, 3.63) is 78.4 Å². The number of carbonyl (C=O) groups is 1. The third-order valence-corrected chi connectivity index (χ3v) is 5.89. The molecule has 0 aliphatic heterocycles. The number of rotatable bonds is 10. The molecule has 0 aromatic heterocycles. The number of nitrogens with one attached hydrogen (secondary N) is 1. The molecule has 1 amide bonds. The van der Waals surface area contributed by atoms with E-state index in [1.165, 1.54) is 11.4 Å². The molecular weight excluding hydrogens is 444 g/mol. The third kappa shape index (κ3) is 6.63. The van der Waals surface area contributed by atoms with Crippen molar-refractivity contribution in [2.45, 2.75) is 6.54 Å². The average molecular weight is 471 g/mol. The highest BCUT2D eigenvalue weighted by molar-refractivity contribution is 7.92. The van der Waals surface area contributed by atoms with Gasteiger partial charge in [0.05, 0.1) is 38.4 Å². The van der Waals surface area contributed by atoms with Crippen molar-refractivity contribution >= 4 is 27.3 Å². The van der Waals surface area contributed by atoms with Crippen LogP contribution >= 0.6 is 0 Å². The van der Waals surface area contributed by atoms with E-state index in [0.29, 0.717) is 28.6 Å². The summed E-state index contributed by atoms with van der Waals surface area (Å²) in [7, 11) is -0.449. The minimum absolute atomic E-state index is 0.214. The van der Waals surface area contributed by atoms with Crippen molar-refractivity contribution in [1.82, 2.24) is 0 Å². The SMILES string of the molecule is COc1ccc(NC(=O)COc2ccc(N(Cc3ccccc3)S(C)(=O)=O)cc2)c(OC)c1. The molecular formula is C24H26N2O6S. The van der Waals surface area contributed by atoms with Gasteiger partial charge in [0.25, 0.3) is 5.91 Å². The molecule has 1 N–H and O–H groups in total. The number of carbonyl (C=O) groups excluding carboxylic acids is 1. The molecule has 0 radical (unpaired) electrons. The molecule has 0 unspecified atom stereocenters. The standard InChI is InChI=1S/C24H26N2O6S/c1-30-21-13-14-22(23(15-21)31-2)25-24(27)17-32-20-11-9-19(10-12-20)26(33(3,28)29)16-18-7-5-4-6-8-18/h4-15H,16-17H2,1-3H3,(H,25,27). The number of amides is 1. The number of methoxy groups -OCH3 is 2. The summed E-state index contributed by atoms with van der Waals surface area (Å²) in [5.74, 6) is 1.14. The van der Waals surface area contributed by atoms with Crippen LogP contribution in [0.15, 0.2) is 72.8 Å². The topological polar surface area (TPSA) is 94.2 Å². The molecule has 0 saturated heterocycles. The van der Waals surface area contributed by atoms with Crippen molar-refractivity contribution in [2.75, 3.05) is 36.7 Å². The first-order valence-electron chi connectivity index (χ1n) is 10.1. The number of benzene rings is 3. The van der Waals surface area contributed by atoms with Gasteiger partial charge in [0.1, 0.15) is 17.2 Å². The Labute approximate surface area is 193 Å². The highest BCUT2D eigenvalue weighted by Crippen LogP contribution is 2.29. The molecule has 174 valence electrons. The van der Waals surface area contributed by atoms with E-state index in [0.717, 1.165) is 11.8 Å². The van der Waals surface area contributed by atoms with Gasteiger partial charge in [0, 0.05) is 6.07 Å². The number of ether oxygens (including phenoxy) is 3. The lowest BCUT2D eigenvalue weighted by Crippen LogP contribution is -2.29. The van der Waals surface area contributed by atoms with Crippen LogP contribution < -0.4 is 23.8 Å². The fourth-order valence-electron chi connectivity index (χ4n) is 3.09. The molecule has 9 heteroatoms. The van der Waals surface area contributed by atoms with Crippen LogP contribution in [0, 0.1) is 0 Å². The quantitative estimate of drug-likeness (QED) is 0.486. The Morgan fingerprint density at radius 3 is 2.18 bits per heavy atom. The molecule has 0 spiro atoms. The van der Waals surface area contributed by atoms with Gasteiger partial charge in [-0.05, 0) is 42.0 Å². The molecule has 3 aromatic rings. The average Bonchev–Trinajstić information content (AvgIpc) is 2.82. The summed E-state index contributed by atoms with van der Waals surface area (Å²) >= 11 is 0. The molecule has 0 aliphatic carbocycles. The first-order chi connectivity index (χ1) is 15.8. The summed E-state index contributed by atoms with van der Waals surface area (Å²) in [6.45, 7) is -0.0136. The number of hydrogen-bond donors (Lipinski definition) is 1.